The first kappa shape index (κ1) is 20.9. The molecular weight excluding hydrogens is 402 g/mol. The molecule has 0 spiro atoms. The van der Waals surface area contributed by atoms with Crippen molar-refractivity contribution in [1.29, 1.82) is 0 Å². The third kappa shape index (κ3) is 4.19. The molecule has 32 heavy (non-hydrogen) atoms. The van der Waals surface area contributed by atoms with Crippen LogP contribution < -0.4 is 14.2 Å². The minimum Gasteiger partial charge on any atom is -0.496 e. The van der Waals surface area contributed by atoms with Crippen molar-refractivity contribution in [3.8, 4) is 17.2 Å². The van der Waals surface area contributed by atoms with Gasteiger partial charge in [0.05, 0.1) is 18.5 Å². The third-order valence-corrected chi connectivity index (χ3v) is 6.50. The molecule has 0 amide bonds. The van der Waals surface area contributed by atoms with Crippen molar-refractivity contribution in [2.24, 2.45) is 5.92 Å². The Hall–Kier alpha value is -2.99. The van der Waals surface area contributed by atoms with Crippen molar-refractivity contribution in [2.75, 3.05) is 27.0 Å². The van der Waals surface area contributed by atoms with E-state index < -0.39 is 0 Å². The zero-order valence-corrected chi connectivity index (χ0v) is 19.1. The molecule has 6 nitrogen and oxygen atoms in total. The van der Waals surface area contributed by atoms with Gasteiger partial charge in [-0.3, -0.25) is 4.90 Å². The van der Waals surface area contributed by atoms with Crippen LogP contribution >= 0.6 is 0 Å². The molecule has 0 aliphatic carbocycles. The van der Waals surface area contributed by atoms with Crippen molar-refractivity contribution < 1.29 is 14.2 Å². The predicted octanol–water partition coefficient (Wildman–Crippen LogP) is 4.21. The molecule has 0 fully saturated rings. The molecule has 1 atom stereocenters. The molecule has 2 aromatic carbocycles. The predicted molar refractivity (Wildman–Crippen MR) is 123 cm³/mol. The van der Waals surface area contributed by atoms with Gasteiger partial charge in [0.2, 0.25) is 6.79 Å². The molecule has 2 aliphatic rings. The lowest BCUT2D eigenvalue weighted by Gasteiger charge is -2.31. The van der Waals surface area contributed by atoms with Gasteiger partial charge < -0.3 is 18.8 Å². The second-order valence-electron chi connectivity index (χ2n) is 8.93. The lowest BCUT2D eigenvalue weighted by Crippen LogP contribution is -2.37. The maximum atomic E-state index is 5.54. The highest BCUT2D eigenvalue weighted by Gasteiger charge is 2.24. The maximum absolute atomic E-state index is 5.54. The number of para-hydroxylation sites is 1. The quantitative estimate of drug-likeness (QED) is 0.559. The maximum Gasteiger partial charge on any atom is 0.231 e. The monoisotopic (exact) mass is 433 g/mol. The molecule has 2 aliphatic heterocycles. The average molecular weight is 434 g/mol. The van der Waals surface area contributed by atoms with Gasteiger partial charge in [-0.1, -0.05) is 31.2 Å². The Balaban J connectivity index is 1.24. The second-order valence-corrected chi connectivity index (χ2v) is 8.93. The summed E-state index contributed by atoms with van der Waals surface area (Å²) in [5.74, 6) is 4.34. The van der Waals surface area contributed by atoms with Crippen LogP contribution in [0.3, 0.4) is 0 Å². The van der Waals surface area contributed by atoms with E-state index in [9.17, 15) is 0 Å². The Morgan fingerprint density at radius 2 is 1.94 bits per heavy atom. The number of benzene rings is 2. The molecule has 6 heteroatoms. The van der Waals surface area contributed by atoms with Crippen molar-refractivity contribution in [2.45, 2.75) is 39.8 Å². The molecule has 0 bridgehead atoms. The highest BCUT2D eigenvalue weighted by Crippen LogP contribution is 2.33. The first-order valence-electron chi connectivity index (χ1n) is 11.4. The van der Waals surface area contributed by atoms with Crippen molar-refractivity contribution in [1.82, 2.24) is 14.5 Å². The summed E-state index contributed by atoms with van der Waals surface area (Å²) in [4.78, 5) is 7.50. The molecule has 5 rings (SSSR count). The van der Waals surface area contributed by atoms with Gasteiger partial charge in [-0.05, 0) is 43.0 Å². The summed E-state index contributed by atoms with van der Waals surface area (Å²) >= 11 is 0. The van der Waals surface area contributed by atoms with Crippen molar-refractivity contribution in [3.05, 3.63) is 70.8 Å². The smallest absolute Gasteiger partial charge is 0.231 e. The lowest BCUT2D eigenvalue weighted by atomic mass is 9.99. The van der Waals surface area contributed by atoms with Crippen LogP contribution in [0.4, 0.5) is 0 Å². The van der Waals surface area contributed by atoms with E-state index in [1.165, 1.54) is 16.8 Å². The number of ether oxygens (including phenoxy) is 3. The zero-order valence-electron chi connectivity index (χ0n) is 19.1. The Morgan fingerprint density at radius 1 is 1.09 bits per heavy atom. The van der Waals surface area contributed by atoms with Gasteiger partial charge in [0.25, 0.3) is 0 Å². The van der Waals surface area contributed by atoms with E-state index in [0.29, 0.717) is 12.7 Å². The molecule has 1 aromatic heterocycles. The standard InChI is InChI=1S/C26H31N3O3/c1-18(12-20-8-9-24-25(13-20)32-17-31-24)15-28-10-11-29-22(16-28)19(2)27-26(29)14-21-6-4-5-7-23(21)30-3/h4-9,13,18H,10-12,14-17H2,1-3H3. The minimum absolute atomic E-state index is 0.328. The first-order valence-corrected chi connectivity index (χ1v) is 11.4. The number of hydrogen-bond acceptors (Lipinski definition) is 5. The lowest BCUT2D eigenvalue weighted by molar-refractivity contribution is 0.174. The molecule has 168 valence electrons. The van der Waals surface area contributed by atoms with Crippen LogP contribution in [0, 0.1) is 12.8 Å². The van der Waals surface area contributed by atoms with Gasteiger partial charge in [0, 0.05) is 38.2 Å². The summed E-state index contributed by atoms with van der Waals surface area (Å²) in [6, 6.07) is 14.5. The van der Waals surface area contributed by atoms with Gasteiger partial charge in [0.1, 0.15) is 11.6 Å². The van der Waals surface area contributed by atoms with Crippen LogP contribution in [0.1, 0.15) is 35.3 Å². The van der Waals surface area contributed by atoms with Crippen LogP contribution in [0.5, 0.6) is 17.2 Å². The number of nitrogens with zero attached hydrogens (tertiary/aromatic N) is 3. The largest absolute Gasteiger partial charge is 0.496 e. The molecule has 3 heterocycles. The molecule has 0 N–H and O–H groups in total. The minimum atomic E-state index is 0.328. The molecule has 0 saturated carbocycles. The SMILES string of the molecule is COc1ccccc1Cc1nc(C)c2n1CCN(CC(C)Cc1ccc3c(c1)OCO3)C2. The van der Waals surface area contributed by atoms with E-state index in [1.54, 1.807) is 7.11 Å². The van der Waals surface area contributed by atoms with Crippen molar-refractivity contribution in [3.63, 3.8) is 0 Å². The number of fused-ring (bicyclic) bond motifs is 2. The molecule has 1 unspecified atom stereocenters. The van der Waals surface area contributed by atoms with Gasteiger partial charge >= 0.3 is 0 Å². The van der Waals surface area contributed by atoms with E-state index in [-0.39, 0.29) is 0 Å². The topological polar surface area (TPSA) is 48.8 Å². The Labute approximate surface area is 189 Å². The van der Waals surface area contributed by atoms with E-state index in [4.69, 9.17) is 19.2 Å². The molecule has 0 radical (unpaired) electrons. The number of aryl methyl sites for hydroxylation is 1. The molecular formula is C26H31N3O3. The van der Waals surface area contributed by atoms with E-state index in [2.05, 4.69) is 47.6 Å². The van der Waals surface area contributed by atoms with E-state index in [1.807, 2.05) is 18.2 Å². The van der Waals surface area contributed by atoms with Gasteiger partial charge in [-0.15, -0.1) is 0 Å². The Morgan fingerprint density at radius 3 is 2.81 bits per heavy atom. The summed E-state index contributed by atoms with van der Waals surface area (Å²) in [7, 11) is 1.73. The average Bonchev–Trinajstić information content (AvgIpc) is 3.38. The zero-order chi connectivity index (χ0) is 22.1. The highest BCUT2D eigenvalue weighted by atomic mass is 16.7. The fourth-order valence-corrected chi connectivity index (χ4v) is 4.95. The van der Waals surface area contributed by atoms with Gasteiger partial charge in [0.15, 0.2) is 11.5 Å². The normalized spacial score (nSPS) is 16.1. The number of hydrogen-bond donors (Lipinski definition) is 0. The van der Waals surface area contributed by atoms with Crippen LogP contribution in [-0.2, 0) is 25.9 Å². The summed E-state index contributed by atoms with van der Waals surface area (Å²) in [6.07, 6.45) is 1.83. The molecule has 0 saturated heterocycles. The Bertz CT molecular complexity index is 1110. The number of methoxy groups -OCH3 is 1. The first-order chi connectivity index (χ1) is 15.6. The summed E-state index contributed by atoms with van der Waals surface area (Å²) in [6.45, 7) is 8.85. The highest BCUT2D eigenvalue weighted by molar-refractivity contribution is 5.44. The summed E-state index contributed by atoms with van der Waals surface area (Å²) in [5.41, 5.74) is 4.97. The fraction of sp³-hybridized carbons (Fsp3) is 0.423. The second kappa shape index (κ2) is 8.87. The molecule has 3 aromatic rings. The van der Waals surface area contributed by atoms with Crippen LogP contribution in [0.2, 0.25) is 0 Å². The van der Waals surface area contributed by atoms with Crippen LogP contribution in [0.15, 0.2) is 42.5 Å². The van der Waals surface area contributed by atoms with Gasteiger partial charge in [-0.25, -0.2) is 4.98 Å². The van der Waals surface area contributed by atoms with E-state index >= 15 is 0 Å². The van der Waals surface area contributed by atoms with Crippen molar-refractivity contribution >= 4 is 0 Å². The number of rotatable bonds is 7. The fourth-order valence-electron chi connectivity index (χ4n) is 4.95. The summed E-state index contributed by atoms with van der Waals surface area (Å²) in [5, 5.41) is 0. The van der Waals surface area contributed by atoms with Gasteiger partial charge in [-0.2, -0.15) is 0 Å². The Kier molecular flexibility index (Phi) is 5.79. The van der Waals surface area contributed by atoms with E-state index in [0.717, 1.165) is 67.8 Å². The van der Waals surface area contributed by atoms with Crippen LogP contribution in [-0.4, -0.2) is 41.4 Å². The van der Waals surface area contributed by atoms with Crippen LogP contribution in [0.25, 0.3) is 0 Å². The number of aromatic nitrogens is 2. The number of imidazole rings is 1. The summed E-state index contributed by atoms with van der Waals surface area (Å²) < 4.78 is 18.9. The third-order valence-electron chi connectivity index (χ3n) is 6.50.